The number of hydrogen-bond donors (Lipinski definition) is 0. The number of aliphatic imine (C=N–C) groups is 1. The van der Waals surface area contributed by atoms with Gasteiger partial charge >= 0.3 is 0 Å². The Kier molecular flexibility index (Phi) is 9.40. The van der Waals surface area contributed by atoms with E-state index in [4.69, 9.17) is 4.99 Å². The van der Waals surface area contributed by atoms with Crippen LogP contribution in [0.3, 0.4) is 0 Å². The Labute approximate surface area is 188 Å². The summed E-state index contributed by atoms with van der Waals surface area (Å²) in [4.78, 5) is 4.74. The van der Waals surface area contributed by atoms with E-state index >= 15 is 0 Å². The van der Waals surface area contributed by atoms with Gasteiger partial charge in [-0.1, -0.05) is 58.7 Å². The molecular formula is C28H39F2N. The van der Waals surface area contributed by atoms with E-state index in [1.165, 1.54) is 12.8 Å². The lowest BCUT2D eigenvalue weighted by Gasteiger charge is -2.19. The lowest BCUT2D eigenvalue weighted by atomic mass is 9.88. The number of hydrogen-bond acceptors (Lipinski definition) is 1. The minimum Gasteiger partial charge on any atom is -0.257 e. The predicted molar refractivity (Wildman–Crippen MR) is 130 cm³/mol. The van der Waals surface area contributed by atoms with E-state index in [1.807, 2.05) is 45.9 Å². The number of unbranched alkanes of at least 4 members (excludes halogenated alkanes) is 1. The van der Waals surface area contributed by atoms with Crippen molar-refractivity contribution in [2.24, 2.45) is 10.9 Å². The molecule has 0 heterocycles. The molecule has 1 nitrogen and oxygen atoms in total. The van der Waals surface area contributed by atoms with Crippen molar-refractivity contribution in [1.29, 1.82) is 0 Å². The van der Waals surface area contributed by atoms with E-state index in [0.717, 1.165) is 52.9 Å². The molecular weight excluding hydrogens is 388 g/mol. The highest BCUT2D eigenvalue weighted by Crippen LogP contribution is 2.33. The summed E-state index contributed by atoms with van der Waals surface area (Å²) in [7, 11) is 0. The fourth-order valence-corrected chi connectivity index (χ4v) is 4.05. The number of aryl methyl sites for hydroxylation is 2. The van der Waals surface area contributed by atoms with Gasteiger partial charge in [0.05, 0.1) is 5.69 Å². The highest BCUT2D eigenvalue weighted by molar-refractivity contribution is 5.86. The van der Waals surface area contributed by atoms with Gasteiger partial charge in [0, 0.05) is 11.8 Å². The zero-order chi connectivity index (χ0) is 23.1. The monoisotopic (exact) mass is 427 g/mol. The third-order valence-corrected chi connectivity index (χ3v) is 6.57. The SMILES string of the molecule is CCCC[C@H](C)/C(C)=N/c1cc(F)c(C(C)CC[C@@H](C)c2ccc(C)cc2F)cc1C. The van der Waals surface area contributed by atoms with Gasteiger partial charge in [-0.3, -0.25) is 4.99 Å². The summed E-state index contributed by atoms with van der Waals surface area (Å²) in [6.07, 6.45) is 5.09. The third kappa shape index (κ3) is 6.98. The Hall–Kier alpha value is -2.03. The quantitative estimate of drug-likeness (QED) is 0.335. The van der Waals surface area contributed by atoms with Gasteiger partial charge in [-0.25, -0.2) is 8.78 Å². The molecule has 2 aromatic carbocycles. The normalized spacial score (nSPS) is 15.1. The zero-order valence-corrected chi connectivity index (χ0v) is 20.4. The summed E-state index contributed by atoms with van der Waals surface area (Å²) in [5, 5.41) is 0. The van der Waals surface area contributed by atoms with Crippen LogP contribution in [0.2, 0.25) is 0 Å². The second kappa shape index (κ2) is 11.5. The molecule has 170 valence electrons. The zero-order valence-electron chi connectivity index (χ0n) is 20.4. The summed E-state index contributed by atoms with van der Waals surface area (Å²) in [6, 6.07) is 8.94. The molecule has 3 heteroatoms. The molecule has 31 heavy (non-hydrogen) atoms. The number of rotatable bonds is 10. The van der Waals surface area contributed by atoms with Crippen LogP contribution in [0.1, 0.15) is 101 Å². The Morgan fingerprint density at radius 2 is 1.48 bits per heavy atom. The van der Waals surface area contributed by atoms with Gasteiger partial charge in [-0.2, -0.15) is 0 Å². The summed E-state index contributed by atoms with van der Waals surface area (Å²) >= 11 is 0. The molecule has 0 amide bonds. The van der Waals surface area contributed by atoms with Crippen molar-refractivity contribution in [3.8, 4) is 0 Å². The van der Waals surface area contributed by atoms with Crippen molar-refractivity contribution in [3.05, 3.63) is 64.2 Å². The maximum Gasteiger partial charge on any atom is 0.128 e. The first-order valence-corrected chi connectivity index (χ1v) is 11.7. The maximum absolute atomic E-state index is 15.0. The molecule has 1 unspecified atom stereocenters. The van der Waals surface area contributed by atoms with Crippen LogP contribution in [0.25, 0.3) is 0 Å². The molecule has 0 aliphatic carbocycles. The van der Waals surface area contributed by atoms with Crippen LogP contribution in [-0.4, -0.2) is 5.71 Å². The topological polar surface area (TPSA) is 12.4 Å². The fourth-order valence-electron chi connectivity index (χ4n) is 4.05. The van der Waals surface area contributed by atoms with Gasteiger partial charge in [0.15, 0.2) is 0 Å². The second-order valence-corrected chi connectivity index (χ2v) is 9.36. The van der Waals surface area contributed by atoms with E-state index in [1.54, 1.807) is 12.1 Å². The maximum atomic E-state index is 15.0. The lowest BCUT2D eigenvalue weighted by molar-refractivity contribution is 0.521. The van der Waals surface area contributed by atoms with Crippen molar-refractivity contribution in [2.45, 2.75) is 92.4 Å². The van der Waals surface area contributed by atoms with Crippen molar-refractivity contribution in [1.82, 2.24) is 0 Å². The molecule has 2 aromatic rings. The van der Waals surface area contributed by atoms with Crippen molar-refractivity contribution >= 4 is 11.4 Å². The van der Waals surface area contributed by atoms with Gasteiger partial charge < -0.3 is 0 Å². The smallest absolute Gasteiger partial charge is 0.128 e. The summed E-state index contributed by atoms with van der Waals surface area (Å²) < 4.78 is 29.2. The van der Waals surface area contributed by atoms with E-state index in [0.29, 0.717) is 5.92 Å². The summed E-state index contributed by atoms with van der Waals surface area (Å²) in [5.41, 5.74) is 5.19. The number of nitrogens with zero attached hydrogens (tertiary/aromatic N) is 1. The van der Waals surface area contributed by atoms with E-state index < -0.39 is 0 Å². The second-order valence-electron chi connectivity index (χ2n) is 9.36. The molecule has 0 bridgehead atoms. The molecule has 0 spiro atoms. The molecule has 3 atom stereocenters. The summed E-state index contributed by atoms with van der Waals surface area (Å²) in [6.45, 7) is 14.4. The highest BCUT2D eigenvalue weighted by atomic mass is 19.1. The predicted octanol–water partition coefficient (Wildman–Crippen LogP) is 9.19. The van der Waals surface area contributed by atoms with Gasteiger partial charge in [0.25, 0.3) is 0 Å². The first kappa shape index (κ1) is 25.2. The van der Waals surface area contributed by atoms with Gasteiger partial charge in [-0.05, 0) is 86.1 Å². The molecule has 0 aliphatic heterocycles. The standard InChI is InChI=1S/C28H39F2N/c1-8-9-10-19(3)23(7)31-28-17-27(30)25(16-22(28)6)21(5)13-12-20(4)24-14-11-18(2)15-26(24)29/h11,14-17,19-21H,8-10,12-13H2,1-7H3/b31-23+/t19-,20+,21?/m0/s1. The Morgan fingerprint density at radius 3 is 2.10 bits per heavy atom. The van der Waals surface area contributed by atoms with Gasteiger partial charge in [0.2, 0.25) is 0 Å². The highest BCUT2D eigenvalue weighted by Gasteiger charge is 2.17. The van der Waals surface area contributed by atoms with E-state index in [9.17, 15) is 8.78 Å². The van der Waals surface area contributed by atoms with Crippen molar-refractivity contribution in [2.75, 3.05) is 0 Å². The first-order chi connectivity index (χ1) is 14.6. The minimum atomic E-state index is -0.194. The van der Waals surface area contributed by atoms with Crippen LogP contribution in [0, 0.1) is 31.4 Å². The van der Waals surface area contributed by atoms with Crippen LogP contribution < -0.4 is 0 Å². The average molecular weight is 428 g/mol. The third-order valence-electron chi connectivity index (χ3n) is 6.57. The largest absolute Gasteiger partial charge is 0.257 e. The number of halogens is 2. The fraction of sp³-hybridized carbons (Fsp3) is 0.536. The van der Waals surface area contributed by atoms with Crippen LogP contribution in [0.4, 0.5) is 14.5 Å². The van der Waals surface area contributed by atoms with E-state index in [-0.39, 0.29) is 23.5 Å². The molecule has 0 saturated carbocycles. The molecule has 0 aromatic heterocycles. The minimum absolute atomic E-state index is 0.0669. The number of benzene rings is 2. The van der Waals surface area contributed by atoms with Gasteiger partial charge in [-0.15, -0.1) is 0 Å². The Morgan fingerprint density at radius 1 is 0.871 bits per heavy atom. The lowest BCUT2D eigenvalue weighted by Crippen LogP contribution is -2.07. The molecule has 0 saturated heterocycles. The van der Waals surface area contributed by atoms with Crippen LogP contribution in [0.5, 0.6) is 0 Å². The average Bonchev–Trinajstić information content (AvgIpc) is 2.72. The molecule has 2 rings (SSSR count). The van der Waals surface area contributed by atoms with Crippen LogP contribution in [-0.2, 0) is 0 Å². The van der Waals surface area contributed by atoms with E-state index in [2.05, 4.69) is 20.8 Å². The van der Waals surface area contributed by atoms with Crippen molar-refractivity contribution < 1.29 is 8.78 Å². The van der Waals surface area contributed by atoms with Crippen LogP contribution in [0.15, 0.2) is 35.3 Å². The molecule has 0 N–H and O–H groups in total. The Balaban J connectivity index is 2.10. The molecule has 0 radical (unpaired) electrons. The Bertz CT molecular complexity index is 900. The molecule has 0 fully saturated rings. The summed E-state index contributed by atoms with van der Waals surface area (Å²) in [5.74, 6) is 0.234. The van der Waals surface area contributed by atoms with Crippen molar-refractivity contribution in [3.63, 3.8) is 0 Å². The van der Waals surface area contributed by atoms with Crippen LogP contribution >= 0.6 is 0 Å². The first-order valence-electron chi connectivity index (χ1n) is 11.7. The molecule has 0 aliphatic rings. The van der Waals surface area contributed by atoms with Gasteiger partial charge in [0.1, 0.15) is 11.6 Å².